The fourth-order valence-corrected chi connectivity index (χ4v) is 2.43. The Balaban J connectivity index is 2.15. The standard InChI is InChI=1S/C15H18F2N2O/c1-9-11(10(2)19(3)18-9)7-8-14(20)15-12(16)5-4-6-13(15)17/h4-6,14,20H,7-8H2,1-3H3. The van der Waals surface area contributed by atoms with Gasteiger partial charge in [0.15, 0.2) is 0 Å². The zero-order valence-electron chi connectivity index (χ0n) is 11.8. The van der Waals surface area contributed by atoms with Crippen molar-refractivity contribution in [2.24, 2.45) is 7.05 Å². The maximum absolute atomic E-state index is 13.6. The fourth-order valence-electron chi connectivity index (χ4n) is 2.43. The molecule has 0 amide bonds. The van der Waals surface area contributed by atoms with Crippen LogP contribution in [0.2, 0.25) is 0 Å². The van der Waals surface area contributed by atoms with Crippen molar-refractivity contribution in [3.05, 3.63) is 52.3 Å². The Kier molecular flexibility index (Phi) is 4.18. The molecule has 0 radical (unpaired) electrons. The molecule has 108 valence electrons. The van der Waals surface area contributed by atoms with E-state index in [1.807, 2.05) is 20.9 Å². The first-order valence-electron chi connectivity index (χ1n) is 6.53. The third-order valence-corrected chi connectivity index (χ3v) is 3.66. The van der Waals surface area contributed by atoms with E-state index < -0.39 is 17.7 Å². The molecular formula is C15H18F2N2O. The first kappa shape index (κ1) is 14.7. The minimum absolute atomic E-state index is 0.255. The largest absolute Gasteiger partial charge is 0.388 e. The Labute approximate surface area is 116 Å². The second kappa shape index (κ2) is 5.71. The molecular weight excluding hydrogens is 262 g/mol. The molecule has 20 heavy (non-hydrogen) atoms. The van der Waals surface area contributed by atoms with Crippen LogP contribution in [0.15, 0.2) is 18.2 Å². The van der Waals surface area contributed by atoms with Gasteiger partial charge in [0.25, 0.3) is 0 Å². The van der Waals surface area contributed by atoms with Crippen LogP contribution in [0.4, 0.5) is 8.78 Å². The van der Waals surface area contributed by atoms with Gasteiger partial charge >= 0.3 is 0 Å². The molecule has 1 atom stereocenters. The highest BCUT2D eigenvalue weighted by molar-refractivity contribution is 5.26. The summed E-state index contributed by atoms with van der Waals surface area (Å²) in [5.41, 5.74) is 2.64. The van der Waals surface area contributed by atoms with Crippen molar-refractivity contribution in [2.75, 3.05) is 0 Å². The number of aliphatic hydroxyl groups is 1. The maximum atomic E-state index is 13.6. The number of nitrogens with zero attached hydrogens (tertiary/aromatic N) is 2. The van der Waals surface area contributed by atoms with Gasteiger partial charge < -0.3 is 5.11 Å². The molecule has 1 aromatic heterocycles. The SMILES string of the molecule is Cc1nn(C)c(C)c1CCC(O)c1c(F)cccc1F. The van der Waals surface area contributed by atoms with E-state index in [1.54, 1.807) is 4.68 Å². The monoisotopic (exact) mass is 280 g/mol. The predicted octanol–water partition coefficient (Wildman–Crippen LogP) is 2.98. The molecule has 0 fully saturated rings. The fraction of sp³-hybridized carbons (Fsp3) is 0.400. The zero-order valence-corrected chi connectivity index (χ0v) is 11.8. The average Bonchev–Trinajstić information content (AvgIpc) is 2.61. The lowest BCUT2D eigenvalue weighted by molar-refractivity contribution is 0.158. The quantitative estimate of drug-likeness (QED) is 0.935. The summed E-state index contributed by atoms with van der Waals surface area (Å²) in [6, 6.07) is 3.60. The minimum Gasteiger partial charge on any atom is -0.388 e. The van der Waals surface area contributed by atoms with Crippen LogP contribution >= 0.6 is 0 Å². The summed E-state index contributed by atoms with van der Waals surface area (Å²) in [5.74, 6) is -1.42. The van der Waals surface area contributed by atoms with Crippen molar-refractivity contribution in [2.45, 2.75) is 32.8 Å². The Hall–Kier alpha value is -1.75. The average molecular weight is 280 g/mol. The number of halogens is 2. The number of aromatic nitrogens is 2. The van der Waals surface area contributed by atoms with E-state index >= 15 is 0 Å². The van der Waals surface area contributed by atoms with Gasteiger partial charge in [-0.25, -0.2) is 8.78 Å². The molecule has 5 heteroatoms. The molecule has 0 aliphatic heterocycles. The van der Waals surface area contributed by atoms with Crippen molar-refractivity contribution in [1.29, 1.82) is 0 Å². The molecule has 0 aliphatic rings. The lowest BCUT2D eigenvalue weighted by Gasteiger charge is -2.13. The molecule has 0 saturated carbocycles. The Morgan fingerprint density at radius 2 is 1.85 bits per heavy atom. The van der Waals surface area contributed by atoms with Gasteiger partial charge in [0.1, 0.15) is 11.6 Å². The molecule has 1 aromatic carbocycles. The molecule has 2 rings (SSSR count). The van der Waals surface area contributed by atoms with Gasteiger partial charge in [0.2, 0.25) is 0 Å². The van der Waals surface area contributed by atoms with Crippen LogP contribution in [0, 0.1) is 25.5 Å². The highest BCUT2D eigenvalue weighted by atomic mass is 19.1. The third kappa shape index (κ3) is 2.72. The van der Waals surface area contributed by atoms with Gasteiger partial charge in [-0.2, -0.15) is 5.10 Å². The van der Waals surface area contributed by atoms with E-state index in [0.717, 1.165) is 29.1 Å². The number of hydrogen-bond donors (Lipinski definition) is 1. The molecule has 0 bridgehead atoms. The first-order chi connectivity index (χ1) is 9.41. The zero-order chi connectivity index (χ0) is 14.9. The lowest BCUT2D eigenvalue weighted by atomic mass is 9.99. The molecule has 1 heterocycles. The van der Waals surface area contributed by atoms with Gasteiger partial charge in [-0.15, -0.1) is 0 Å². The van der Waals surface area contributed by atoms with Crippen molar-refractivity contribution < 1.29 is 13.9 Å². The normalized spacial score (nSPS) is 12.7. The van der Waals surface area contributed by atoms with E-state index in [1.165, 1.54) is 6.07 Å². The van der Waals surface area contributed by atoms with Crippen molar-refractivity contribution >= 4 is 0 Å². The highest BCUT2D eigenvalue weighted by Crippen LogP contribution is 2.25. The van der Waals surface area contributed by atoms with Crippen LogP contribution < -0.4 is 0 Å². The van der Waals surface area contributed by atoms with Gasteiger partial charge in [0, 0.05) is 12.7 Å². The topological polar surface area (TPSA) is 38.0 Å². The van der Waals surface area contributed by atoms with E-state index in [-0.39, 0.29) is 12.0 Å². The first-order valence-corrected chi connectivity index (χ1v) is 6.53. The maximum Gasteiger partial charge on any atom is 0.131 e. The smallest absolute Gasteiger partial charge is 0.131 e. The second-order valence-electron chi connectivity index (χ2n) is 4.96. The summed E-state index contributed by atoms with van der Waals surface area (Å²) < 4.78 is 28.9. The molecule has 1 N–H and O–H groups in total. The summed E-state index contributed by atoms with van der Waals surface area (Å²) in [6.07, 6.45) is -0.374. The van der Waals surface area contributed by atoms with Crippen molar-refractivity contribution in [1.82, 2.24) is 9.78 Å². The lowest BCUT2D eigenvalue weighted by Crippen LogP contribution is -2.06. The molecule has 0 saturated heterocycles. The Bertz CT molecular complexity index is 602. The van der Waals surface area contributed by atoms with Gasteiger partial charge in [-0.3, -0.25) is 4.68 Å². The molecule has 1 unspecified atom stereocenters. The van der Waals surface area contributed by atoms with Crippen LogP contribution in [0.5, 0.6) is 0 Å². The van der Waals surface area contributed by atoms with E-state index in [9.17, 15) is 13.9 Å². The summed E-state index contributed by atoms with van der Waals surface area (Å²) >= 11 is 0. The van der Waals surface area contributed by atoms with Crippen LogP contribution in [0.3, 0.4) is 0 Å². The Morgan fingerprint density at radius 1 is 1.25 bits per heavy atom. The van der Waals surface area contributed by atoms with Crippen molar-refractivity contribution in [3.63, 3.8) is 0 Å². The summed E-state index contributed by atoms with van der Waals surface area (Å²) in [6.45, 7) is 3.82. The summed E-state index contributed by atoms with van der Waals surface area (Å²) in [7, 11) is 1.85. The number of aryl methyl sites for hydroxylation is 2. The van der Waals surface area contributed by atoms with Gasteiger partial charge in [-0.05, 0) is 44.4 Å². The molecule has 3 nitrogen and oxygen atoms in total. The van der Waals surface area contributed by atoms with Crippen molar-refractivity contribution in [3.8, 4) is 0 Å². The second-order valence-corrected chi connectivity index (χ2v) is 4.96. The van der Waals surface area contributed by atoms with Crippen LogP contribution in [-0.4, -0.2) is 14.9 Å². The number of benzene rings is 1. The highest BCUT2D eigenvalue weighted by Gasteiger charge is 2.19. The third-order valence-electron chi connectivity index (χ3n) is 3.66. The number of aliphatic hydroxyl groups excluding tert-OH is 1. The number of rotatable bonds is 4. The van der Waals surface area contributed by atoms with Gasteiger partial charge in [-0.1, -0.05) is 6.07 Å². The molecule has 2 aromatic rings. The summed E-state index contributed by atoms with van der Waals surface area (Å²) in [5, 5.41) is 14.3. The molecule has 0 spiro atoms. The van der Waals surface area contributed by atoms with E-state index in [4.69, 9.17) is 0 Å². The minimum atomic E-state index is -1.16. The van der Waals surface area contributed by atoms with Crippen LogP contribution in [-0.2, 0) is 13.5 Å². The van der Waals surface area contributed by atoms with Gasteiger partial charge in [0.05, 0.1) is 17.4 Å². The predicted molar refractivity (Wildman–Crippen MR) is 72.3 cm³/mol. The summed E-state index contributed by atoms with van der Waals surface area (Å²) in [4.78, 5) is 0. The molecule has 0 aliphatic carbocycles. The van der Waals surface area contributed by atoms with E-state index in [2.05, 4.69) is 5.10 Å². The van der Waals surface area contributed by atoms with E-state index in [0.29, 0.717) is 6.42 Å². The Morgan fingerprint density at radius 3 is 2.35 bits per heavy atom. The number of hydrogen-bond acceptors (Lipinski definition) is 2. The van der Waals surface area contributed by atoms with Crippen LogP contribution in [0.25, 0.3) is 0 Å². The van der Waals surface area contributed by atoms with Crippen LogP contribution in [0.1, 0.15) is 35.0 Å².